The van der Waals surface area contributed by atoms with Gasteiger partial charge in [-0.3, -0.25) is 9.69 Å². The van der Waals surface area contributed by atoms with E-state index in [4.69, 9.17) is 14.2 Å². The molecule has 33 heavy (non-hydrogen) atoms. The molecule has 1 N–H and O–H groups in total. The van der Waals surface area contributed by atoms with Crippen LogP contribution in [-0.4, -0.2) is 91.1 Å². The van der Waals surface area contributed by atoms with Crippen molar-refractivity contribution in [3.63, 3.8) is 0 Å². The van der Waals surface area contributed by atoms with E-state index >= 15 is 0 Å². The summed E-state index contributed by atoms with van der Waals surface area (Å²) in [5.41, 5.74) is -1.17. The molecule has 180 valence electrons. The van der Waals surface area contributed by atoms with Gasteiger partial charge in [0.1, 0.15) is 0 Å². The predicted octanol–water partition coefficient (Wildman–Crippen LogP) is 1.41. The average Bonchev–Trinajstić information content (AvgIpc) is 3.32. The highest BCUT2D eigenvalue weighted by Gasteiger charge is 2.81. The van der Waals surface area contributed by atoms with Crippen molar-refractivity contribution in [2.45, 2.75) is 63.0 Å². The number of ether oxygens (including phenoxy) is 3. The molecular weight excluding hydrogens is 424 g/mol. The van der Waals surface area contributed by atoms with Crippen molar-refractivity contribution in [3.05, 3.63) is 35.6 Å². The molecule has 2 saturated heterocycles. The number of rotatable bonds is 4. The first-order chi connectivity index (χ1) is 15.7. The minimum Gasteiger partial charge on any atom is -0.467 e. The van der Waals surface area contributed by atoms with E-state index in [-0.39, 0.29) is 12.1 Å². The zero-order valence-corrected chi connectivity index (χ0v) is 20.0. The number of fused-ring (bicyclic) bond motifs is 1. The van der Waals surface area contributed by atoms with E-state index in [0.29, 0.717) is 6.42 Å². The summed E-state index contributed by atoms with van der Waals surface area (Å²) in [6.45, 7) is 5.00. The van der Waals surface area contributed by atoms with E-state index in [0.717, 1.165) is 37.2 Å². The van der Waals surface area contributed by atoms with E-state index in [1.165, 1.54) is 14.0 Å². The van der Waals surface area contributed by atoms with Gasteiger partial charge in [-0.2, -0.15) is 0 Å². The number of allylic oxidation sites excluding steroid dienone is 1. The van der Waals surface area contributed by atoms with Crippen LogP contribution in [0.1, 0.15) is 33.1 Å². The van der Waals surface area contributed by atoms with Crippen LogP contribution >= 0.6 is 0 Å². The second kappa shape index (κ2) is 7.42. The van der Waals surface area contributed by atoms with Gasteiger partial charge in [-0.05, 0) is 37.5 Å². The van der Waals surface area contributed by atoms with Gasteiger partial charge in [0.2, 0.25) is 5.60 Å². The lowest BCUT2D eigenvalue weighted by atomic mass is 9.47. The van der Waals surface area contributed by atoms with Crippen molar-refractivity contribution in [2.24, 2.45) is 10.8 Å². The van der Waals surface area contributed by atoms with Crippen LogP contribution in [0.4, 0.5) is 0 Å². The van der Waals surface area contributed by atoms with Gasteiger partial charge >= 0.3 is 11.9 Å². The Bertz CT molecular complexity index is 974. The van der Waals surface area contributed by atoms with Crippen molar-refractivity contribution in [1.29, 1.82) is 0 Å². The summed E-state index contributed by atoms with van der Waals surface area (Å²) in [6.07, 6.45) is 9.48. The smallest absolute Gasteiger partial charge is 0.344 e. The number of methoxy groups -OCH3 is 2. The first-order valence-corrected chi connectivity index (χ1v) is 11.8. The summed E-state index contributed by atoms with van der Waals surface area (Å²) in [7, 11) is 4.88. The normalized spacial score (nSPS) is 43.3. The van der Waals surface area contributed by atoms with Crippen LogP contribution in [-0.2, 0) is 23.8 Å². The van der Waals surface area contributed by atoms with Crippen LogP contribution in [0, 0.1) is 10.8 Å². The largest absolute Gasteiger partial charge is 0.467 e. The van der Waals surface area contributed by atoms with Gasteiger partial charge in [-0.1, -0.05) is 25.2 Å². The fourth-order valence-corrected chi connectivity index (χ4v) is 7.92. The van der Waals surface area contributed by atoms with E-state index < -0.39 is 40.5 Å². The fraction of sp³-hybridized carbons (Fsp3) is 0.680. The van der Waals surface area contributed by atoms with Gasteiger partial charge in [0.15, 0.2) is 6.10 Å². The highest BCUT2D eigenvalue weighted by molar-refractivity contribution is 5.84. The fourth-order valence-electron chi connectivity index (χ4n) is 7.92. The lowest BCUT2D eigenvalue weighted by Crippen LogP contribution is -2.79. The molecular formula is C25H34N2O6. The van der Waals surface area contributed by atoms with E-state index in [1.807, 2.05) is 18.9 Å². The number of likely N-dealkylation sites (N-methyl/N-ethyl adjacent to an activating group) is 1. The number of aliphatic hydroxyl groups is 1. The third kappa shape index (κ3) is 2.57. The number of nitrogens with zero attached hydrogens (tertiary/aromatic N) is 2. The first-order valence-electron chi connectivity index (χ1n) is 11.8. The van der Waals surface area contributed by atoms with Crippen molar-refractivity contribution < 1.29 is 28.9 Å². The molecule has 0 aromatic carbocycles. The summed E-state index contributed by atoms with van der Waals surface area (Å²) >= 11 is 0. The van der Waals surface area contributed by atoms with Gasteiger partial charge in [0.25, 0.3) is 0 Å². The number of likely N-dealkylation sites (tertiary alicyclic amines) is 1. The van der Waals surface area contributed by atoms with Gasteiger partial charge in [0.05, 0.1) is 19.3 Å². The topological polar surface area (TPSA) is 88.5 Å². The monoisotopic (exact) mass is 458 g/mol. The number of esters is 2. The highest BCUT2D eigenvalue weighted by Crippen LogP contribution is 2.69. The molecule has 1 spiro atoms. The maximum absolute atomic E-state index is 13.5. The zero-order valence-electron chi connectivity index (χ0n) is 20.0. The molecule has 0 radical (unpaired) electrons. The molecule has 3 fully saturated rings. The molecule has 2 aliphatic carbocycles. The molecule has 5 aliphatic rings. The lowest BCUT2D eigenvalue weighted by molar-refractivity contribution is -0.243. The summed E-state index contributed by atoms with van der Waals surface area (Å²) in [5, 5.41) is 12.5. The van der Waals surface area contributed by atoms with E-state index in [2.05, 4.69) is 29.2 Å². The molecule has 0 amide bonds. The molecule has 8 heteroatoms. The Balaban J connectivity index is 1.83. The Hall–Kier alpha value is -2.16. The Kier molecular flexibility index (Phi) is 5.09. The number of carbonyl (C=O) groups is 2. The maximum atomic E-state index is 13.5. The van der Waals surface area contributed by atoms with Crippen LogP contribution in [0.5, 0.6) is 0 Å². The zero-order chi connectivity index (χ0) is 23.8. The van der Waals surface area contributed by atoms with E-state index in [1.54, 1.807) is 7.11 Å². The molecule has 0 bridgehead atoms. The van der Waals surface area contributed by atoms with Gasteiger partial charge in [-0.25, -0.2) is 4.79 Å². The number of hydrogen-bond donors (Lipinski definition) is 1. The van der Waals surface area contributed by atoms with Crippen LogP contribution in [0.2, 0.25) is 0 Å². The minimum atomic E-state index is -2.05. The molecule has 7 atom stereocenters. The molecule has 8 nitrogen and oxygen atoms in total. The third-order valence-electron chi connectivity index (χ3n) is 8.89. The standard InChI is InChI=1S/C25H34N2O6/c1-6-23-10-7-12-27-13-11-24(19(23)27)17-9-8-16(31-4)14-18(17)26(3)20(24)25(30,22(29)32-5)21(23)33-15(2)28/h7,9-10,14,16,19-21,30H,6,8,11-13H2,1-5H3/t16?,19-,20+,21+,23+,24?,25?/m0/s1. The highest BCUT2D eigenvalue weighted by atomic mass is 16.6. The number of hydrogen-bond acceptors (Lipinski definition) is 8. The van der Waals surface area contributed by atoms with Gasteiger partial charge < -0.3 is 24.2 Å². The molecule has 1 saturated carbocycles. The van der Waals surface area contributed by atoms with Gasteiger partial charge in [-0.15, -0.1) is 0 Å². The van der Waals surface area contributed by atoms with Crippen LogP contribution in [0.15, 0.2) is 35.6 Å². The Morgan fingerprint density at radius 2 is 2.03 bits per heavy atom. The Labute approximate surface area is 194 Å². The van der Waals surface area contributed by atoms with Crippen molar-refractivity contribution in [3.8, 4) is 0 Å². The summed E-state index contributed by atoms with van der Waals surface area (Å²) < 4.78 is 16.8. The molecule has 3 unspecified atom stereocenters. The second-order valence-electron chi connectivity index (χ2n) is 10.1. The maximum Gasteiger partial charge on any atom is 0.344 e. The predicted molar refractivity (Wildman–Crippen MR) is 120 cm³/mol. The van der Waals surface area contributed by atoms with Crippen LogP contribution in [0.25, 0.3) is 0 Å². The van der Waals surface area contributed by atoms with Crippen molar-refractivity contribution in [2.75, 3.05) is 34.4 Å². The summed E-state index contributed by atoms with van der Waals surface area (Å²) in [4.78, 5) is 30.3. The molecule has 5 rings (SSSR count). The molecule has 0 aromatic rings. The van der Waals surface area contributed by atoms with Crippen LogP contribution in [0.3, 0.4) is 0 Å². The SMILES string of the molecule is CC[C@]12C=CCN3CCC4(C5=CCC(OC)C=C5N(C)[C@H]4C(O)(C(=O)OC)[C@@H]1OC(C)=O)[C@@H]32. The molecule has 3 aliphatic heterocycles. The third-order valence-corrected chi connectivity index (χ3v) is 8.89. The minimum absolute atomic E-state index is 0.0297. The second-order valence-corrected chi connectivity index (χ2v) is 10.1. The average molecular weight is 459 g/mol. The Morgan fingerprint density at radius 3 is 2.67 bits per heavy atom. The van der Waals surface area contributed by atoms with E-state index in [9.17, 15) is 14.7 Å². The van der Waals surface area contributed by atoms with Gasteiger partial charge in [0, 0.05) is 50.2 Å². The summed E-state index contributed by atoms with van der Waals surface area (Å²) in [6, 6.07) is -0.672. The first kappa shape index (κ1) is 22.6. The molecule has 3 heterocycles. The lowest BCUT2D eigenvalue weighted by Gasteiger charge is -2.63. The Morgan fingerprint density at radius 1 is 1.27 bits per heavy atom. The van der Waals surface area contributed by atoms with Crippen LogP contribution < -0.4 is 0 Å². The van der Waals surface area contributed by atoms with Crippen molar-refractivity contribution in [1.82, 2.24) is 9.80 Å². The number of carbonyl (C=O) groups excluding carboxylic acids is 2. The molecule has 0 aromatic heterocycles. The van der Waals surface area contributed by atoms with Crippen molar-refractivity contribution >= 4 is 11.9 Å². The summed E-state index contributed by atoms with van der Waals surface area (Å²) in [5.74, 6) is -1.29. The quantitative estimate of drug-likeness (QED) is 0.500.